The number of nitrogens with one attached hydrogen (secondary N) is 2. The Kier molecular flexibility index (Phi) is 4.92. The molecule has 1 saturated heterocycles. The van der Waals surface area contributed by atoms with E-state index in [1.807, 2.05) is 0 Å². The Labute approximate surface area is 162 Å². The molecule has 140 valence electrons. The zero-order valence-electron chi connectivity index (χ0n) is 14.1. The second-order valence-corrected chi connectivity index (χ2v) is 10.8. The fourth-order valence-electron chi connectivity index (χ4n) is 3.63. The molecule has 4 rings (SSSR count). The van der Waals surface area contributed by atoms with Crippen LogP contribution in [0.2, 0.25) is 5.02 Å². The van der Waals surface area contributed by atoms with E-state index in [-0.39, 0.29) is 34.7 Å². The van der Waals surface area contributed by atoms with Gasteiger partial charge in [0, 0.05) is 16.9 Å². The number of anilines is 1. The van der Waals surface area contributed by atoms with Crippen LogP contribution in [0.1, 0.15) is 36.0 Å². The average molecular weight is 414 g/mol. The van der Waals surface area contributed by atoms with Crippen molar-refractivity contribution >= 4 is 50.0 Å². The normalized spacial score (nSPS) is 27.2. The van der Waals surface area contributed by atoms with Crippen LogP contribution in [0.5, 0.6) is 0 Å². The van der Waals surface area contributed by atoms with Crippen LogP contribution in [-0.4, -0.2) is 48.3 Å². The van der Waals surface area contributed by atoms with Crippen molar-refractivity contribution in [3.8, 4) is 0 Å². The van der Waals surface area contributed by atoms with E-state index in [0.717, 1.165) is 25.7 Å². The van der Waals surface area contributed by atoms with Crippen molar-refractivity contribution in [2.24, 2.45) is 4.99 Å². The number of amidine groups is 1. The van der Waals surface area contributed by atoms with Gasteiger partial charge in [0.25, 0.3) is 5.91 Å². The number of hydrogen-bond acceptors (Lipinski definition) is 6. The molecule has 3 aliphatic rings. The van der Waals surface area contributed by atoms with Crippen LogP contribution in [-0.2, 0) is 9.84 Å². The topological polar surface area (TPSA) is 87.6 Å². The Morgan fingerprint density at radius 3 is 2.73 bits per heavy atom. The van der Waals surface area contributed by atoms with Gasteiger partial charge in [-0.2, -0.15) is 0 Å². The highest BCUT2D eigenvalue weighted by molar-refractivity contribution is 8.15. The first-order valence-electron chi connectivity index (χ1n) is 8.72. The summed E-state index contributed by atoms with van der Waals surface area (Å²) in [5.41, 5.74) is 1.16. The summed E-state index contributed by atoms with van der Waals surface area (Å²) in [6, 6.07) is 5.19. The predicted molar refractivity (Wildman–Crippen MR) is 106 cm³/mol. The van der Waals surface area contributed by atoms with E-state index in [2.05, 4.69) is 15.6 Å². The molecule has 6 nitrogen and oxygen atoms in total. The van der Waals surface area contributed by atoms with E-state index in [9.17, 15) is 13.2 Å². The summed E-state index contributed by atoms with van der Waals surface area (Å²) in [5, 5.41) is 7.35. The molecular formula is C17H20ClN3O3S2. The summed E-state index contributed by atoms with van der Waals surface area (Å²) in [6.07, 6.45) is 4.38. The maximum Gasteiger partial charge on any atom is 0.251 e. The third-order valence-corrected chi connectivity index (χ3v) is 8.45. The Balaban J connectivity index is 1.46. The Hall–Kier alpha value is -1.25. The molecule has 2 aliphatic heterocycles. The van der Waals surface area contributed by atoms with Crippen molar-refractivity contribution in [3.05, 3.63) is 28.8 Å². The number of halogens is 1. The van der Waals surface area contributed by atoms with Gasteiger partial charge in [-0.15, -0.1) is 0 Å². The number of sulfone groups is 1. The maximum absolute atomic E-state index is 12.4. The van der Waals surface area contributed by atoms with Gasteiger partial charge in [0.1, 0.15) is 0 Å². The molecule has 2 N–H and O–H groups in total. The third kappa shape index (κ3) is 3.87. The molecule has 0 radical (unpaired) electrons. The monoisotopic (exact) mass is 413 g/mol. The number of hydrogen-bond donors (Lipinski definition) is 2. The van der Waals surface area contributed by atoms with Crippen LogP contribution in [0.4, 0.5) is 5.69 Å². The first-order valence-corrected chi connectivity index (χ1v) is 11.8. The maximum atomic E-state index is 12.4. The quantitative estimate of drug-likeness (QED) is 0.795. The van der Waals surface area contributed by atoms with Crippen molar-refractivity contribution in [3.63, 3.8) is 0 Å². The molecular weight excluding hydrogens is 394 g/mol. The summed E-state index contributed by atoms with van der Waals surface area (Å²) in [7, 11) is -2.97. The van der Waals surface area contributed by atoms with Gasteiger partial charge in [-0.05, 0) is 31.0 Å². The lowest BCUT2D eigenvalue weighted by molar-refractivity contribution is 0.0938. The second-order valence-electron chi connectivity index (χ2n) is 7.01. The van der Waals surface area contributed by atoms with Crippen molar-refractivity contribution in [1.82, 2.24) is 5.32 Å². The van der Waals surface area contributed by atoms with E-state index in [0.29, 0.717) is 21.4 Å². The molecule has 2 atom stereocenters. The van der Waals surface area contributed by atoms with Gasteiger partial charge in [-0.3, -0.25) is 9.79 Å². The van der Waals surface area contributed by atoms with Crippen LogP contribution < -0.4 is 10.6 Å². The van der Waals surface area contributed by atoms with E-state index >= 15 is 0 Å². The summed E-state index contributed by atoms with van der Waals surface area (Å²) in [6.45, 7) is 0. The lowest BCUT2D eigenvalue weighted by Gasteiger charge is -2.14. The van der Waals surface area contributed by atoms with E-state index in [1.54, 1.807) is 18.2 Å². The van der Waals surface area contributed by atoms with Crippen molar-refractivity contribution in [2.45, 2.75) is 43.0 Å². The van der Waals surface area contributed by atoms with Gasteiger partial charge in [0.2, 0.25) is 0 Å². The number of rotatable bonds is 3. The summed E-state index contributed by atoms with van der Waals surface area (Å²) >= 11 is 7.69. The molecule has 2 heterocycles. The number of carbonyl (C=O) groups is 1. The molecule has 2 fully saturated rings. The minimum atomic E-state index is -2.97. The Bertz CT molecular complexity index is 866. The summed E-state index contributed by atoms with van der Waals surface area (Å²) in [4.78, 5) is 16.9. The van der Waals surface area contributed by atoms with Gasteiger partial charge in [0.15, 0.2) is 15.0 Å². The second kappa shape index (κ2) is 7.05. The molecule has 9 heteroatoms. The third-order valence-electron chi connectivity index (χ3n) is 4.98. The molecule has 0 aromatic heterocycles. The average Bonchev–Trinajstić information content (AvgIpc) is 3.24. The van der Waals surface area contributed by atoms with Crippen LogP contribution in [0.3, 0.4) is 0 Å². The van der Waals surface area contributed by atoms with E-state index in [1.165, 1.54) is 11.8 Å². The molecule has 1 aromatic rings. The van der Waals surface area contributed by atoms with Crippen molar-refractivity contribution < 1.29 is 13.2 Å². The number of nitrogens with zero attached hydrogens (tertiary/aromatic N) is 1. The fraction of sp³-hybridized carbons (Fsp3) is 0.529. The molecule has 26 heavy (non-hydrogen) atoms. The number of fused-ring (bicyclic) bond motifs is 1. The number of carbonyl (C=O) groups excluding carboxylic acids is 1. The molecule has 2 unspecified atom stereocenters. The molecule has 1 aliphatic carbocycles. The molecule has 1 aromatic carbocycles. The van der Waals surface area contributed by atoms with Crippen LogP contribution in [0.25, 0.3) is 0 Å². The van der Waals surface area contributed by atoms with Crippen molar-refractivity contribution in [1.29, 1.82) is 0 Å². The first-order chi connectivity index (χ1) is 12.4. The van der Waals surface area contributed by atoms with E-state index in [4.69, 9.17) is 11.6 Å². The SMILES string of the molecule is O=C(NC1CCCC1)c1ccc(Cl)c(NC2=NC3CS(=O)(=O)CC3S2)c1. The smallest absolute Gasteiger partial charge is 0.251 e. The summed E-state index contributed by atoms with van der Waals surface area (Å²) in [5.74, 6) is 0.169. The van der Waals surface area contributed by atoms with Crippen LogP contribution in [0.15, 0.2) is 23.2 Å². The Morgan fingerprint density at radius 2 is 2.00 bits per heavy atom. The highest BCUT2D eigenvalue weighted by atomic mass is 35.5. The van der Waals surface area contributed by atoms with Crippen molar-refractivity contribution in [2.75, 3.05) is 16.8 Å². The molecule has 1 saturated carbocycles. The number of benzene rings is 1. The highest BCUT2D eigenvalue weighted by Crippen LogP contribution is 2.35. The minimum Gasteiger partial charge on any atom is -0.349 e. The first kappa shape index (κ1) is 18.1. The number of aliphatic imine (C=N–C) groups is 1. The Morgan fingerprint density at radius 1 is 1.23 bits per heavy atom. The minimum absolute atomic E-state index is 0.0323. The molecule has 1 amide bonds. The predicted octanol–water partition coefficient (Wildman–Crippen LogP) is 2.69. The van der Waals surface area contributed by atoms with Gasteiger partial charge in [-0.25, -0.2) is 8.42 Å². The molecule has 0 bridgehead atoms. The number of amides is 1. The van der Waals surface area contributed by atoms with Gasteiger partial charge in [0.05, 0.1) is 28.3 Å². The lowest BCUT2D eigenvalue weighted by Crippen LogP contribution is -2.32. The van der Waals surface area contributed by atoms with Gasteiger partial charge >= 0.3 is 0 Å². The zero-order chi connectivity index (χ0) is 18.3. The van der Waals surface area contributed by atoms with Gasteiger partial charge < -0.3 is 10.6 Å². The standard InChI is InChI=1S/C17H20ClN3O3S2/c18-12-6-5-10(16(22)19-11-3-1-2-4-11)7-13(12)20-17-21-14-8-26(23,24)9-15(14)25-17/h5-7,11,14-15H,1-4,8-9H2,(H,19,22)(H,20,21). The zero-order valence-corrected chi connectivity index (χ0v) is 16.5. The highest BCUT2D eigenvalue weighted by Gasteiger charge is 2.42. The number of thioether (sulfide) groups is 1. The van der Waals surface area contributed by atoms with Crippen LogP contribution >= 0.6 is 23.4 Å². The van der Waals surface area contributed by atoms with Crippen LogP contribution in [0, 0.1) is 0 Å². The largest absolute Gasteiger partial charge is 0.349 e. The molecule has 0 spiro atoms. The summed E-state index contributed by atoms with van der Waals surface area (Å²) < 4.78 is 23.3. The van der Waals surface area contributed by atoms with Gasteiger partial charge in [-0.1, -0.05) is 36.2 Å². The lowest BCUT2D eigenvalue weighted by atomic mass is 10.1. The van der Waals surface area contributed by atoms with E-state index < -0.39 is 9.84 Å². The fourth-order valence-corrected chi connectivity index (χ4v) is 7.47.